The van der Waals surface area contributed by atoms with E-state index in [0.717, 1.165) is 28.0 Å². The molecule has 0 aliphatic heterocycles. The minimum atomic E-state index is -5.50. The lowest BCUT2D eigenvalue weighted by Crippen LogP contribution is -1.97. The first-order valence-electron chi connectivity index (χ1n) is 8.90. The molecule has 0 spiro atoms. The Morgan fingerprint density at radius 2 is 1.39 bits per heavy atom. The summed E-state index contributed by atoms with van der Waals surface area (Å²) < 4.78 is 79.1. The Morgan fingerprint density at radius 3 is 2.06 bits per heavy atom. The van der Waals surface area contributed by atoms with Crippen molar-refractivity contribution in [1.29, 1.82) is 0 Å². The van der Waals surface area contributed by atoms with E-state index in [2.05, 4.69) is 12.1 Å². The van der Waals surface area contributed by atoms with Gasteiger partial charge < -0.3 is 9.47 Å². The molecule has 10 heteroatoms. The highest BCUT2D eigenvalue weighted by molar-refractivity contribution is 7.51. The van der Waals surface area contributed by atoms with Crippen molar-refractivity contribution in [2.24, 2.45) is 0 Å². The van der Waals surface area contributed by atoms with E-state index in [1.165, 1.54) is 0 Å². The number of alkyl halides is 5. The standard InChI is InChI=1S/C20H19FO2.CF4.O2S/c21-13-3-4-14-22-17-9-6-10-18(15-17)23-20-12-5-8-16-7-1-2-11-19(16)20;2-1(3,4)5;1-3-2/h1-2,5-12,15H,3-4,13-14H2;;. The molecular formula is C21H19F5O4S. The molecule has 168 valence electrons. The van der Waals surface area contributed by atoms with Gasteiger partial charge in [-0.1, -0.05) is 42.5 Å². The molecule has 0 saturated heterocycles. The van der Waals surface area contributed by atoms with Crippen LogP contribution >= 0.6 is 0 Å². The first-order chi connectivity index (χ1) is 14.8. The molecule has 0 heterocycles. The highest BCUT2D eigenvalue weighted by atomic mass is 32.1. The van der Waals surface area contributed by atoms with E-state index in [4.69, 9.17) is 17.9 Å². The number of unbranched alkanes of at least 4 members (excludes halogenated alkanes) is 1. The normalized spacial score (nSPS) is 10.2. The van der Waals surface area contributed by atoms with Crippen LogP contribution in [0.25, 0.3) is 10.8 Å². The SMILES string of the molecule is FC(F)(F)F.FCCCCOc1cccc(Oc2cccc3ccccc23)c1.O=S=O. The van der Waals surface area contributed by atoms with Crippen LogP contribution in [0.5, 0.6) is 17.2 Å². The van der Waals surface area contributed by atoms with Crippen LogP contribution in [0.3, 0.4) is 0 Å². The van der Waals surface area contributed by atoms with Gasteiger partial charge in [0.25, 0.3) is 0 Å². The number of halogens is 5. The summed E-state index contributed by atoms with van der Waals surface area (Å²) >= 11 is -0.750. The van der Waals surface area contributed by atoms with Crippen LogP contribution in [0, 0.1) is 0 Å². The zero-order valence-electron chi connectivity index (χ0n) is 16.1. The van der Waals surface area contributed by atoms with Crippen LogP contribution < -0.4 is 9.47 Å². The molecular weight excluding hydrogens is 443 g/mol. The van der Waals surface area contributed by atoms with Gasteiger partial charge in [0.15, 0.2) is 0 Å². The zero-order valence-corrected chi connectivity index (χ0v) is 16.9. The van der Waals surface area contributed by atoms with Crippen molar-refractivity contribution >= 4 is 22.3 Å². The first-order valence-corrected chi connectivity index (χ1v) is 9.57. The third kappa shape index (κ3) is 11.7. The van der Waals surface area contributed by atoms with E-state index in [0.29, 0.717) is 19.4 Å². The van der Waals surface area contributed by atoms with Gasteiger partial charge in [0.05, 0.1) is 13.3 Å². The molecule has 0 N–H and O–H groups in total. The van der Waals surface area contributed by atoms with Gasteiger partial charge in [-0.25, -0.2) is 0 Å². The van der Waals surface area contributed by atoms with Gasteiger partial charge in [-0.3, -0.25) is 4.39 Å². The van der Waals surface area contributed by atoms with Gasteiger partial charge >= 0.3 is 18.0 Å². The third-order valence-corrected chi connectivity index (χ3v) is 3.58. The van der Waals surface area contributed by atoms with E-state index in [9.17, 15) is 22.0 Å². The van der Waals surface area contributed by atoms with Crippen LogP contribution in [0.1, 0.15) is 12.8 Å². The summed E-state index contributed by atoms with van der Waals surface area (Å²) in [4.78, 5) is 0. The molecule has 0 unspecified atom stereocenters. The molecule has 0 radical (unpaired) electrons. The Balaban J connectivity index is 0.000000519. The van der Waals surface area contributed by atoms with Crippen LogP contribution in [0.15, 0.2) is 66.7 Å². The summed E-state index contributed by atoms with van der Waals surface area (Å²) in [6.45, 7) is 0.217. The van der Waals surface area contributed by atoms with Crippen molar-refractivity contribution in [3.63, 3.8) is 0 Å². The lowest BCUT2D eigenvalue weighted by Gasteiger charge is -2.11. The second-order valence-corrected chi connectivity index (χ2v) is 5.93. The number of benzene rings is 3. The van der Waals surface area contributed by atoms with Gasteiger partial charge in [0.2, 0.25) is 0 Å². The van der Waals surface area contributed by atoms with Crippen LogP contribution in [0.2, 0.25) is 0 Å². The fourth-order valence-corrected chi connectivity index (χ4v) is 2.43. The topological polar surface area (TPSA) is 52.6 Å². The Kier molecular flexibility index (Phi) is 11.8. The van der Waals surface area contributed by atoms with E-state index < -0.39 is 18.0 Å². The maximum Gasteiger partial charge on any atom is 0.559 e. The van der Waals surface area contributed by atoms with Gasteiger partial charge in [0, 0.05) is 11.5 Å². The molecule has 0 amide bonds. The number of hydrogen-bond acceptors (Lipinski definition) is 4. The predicted molar refractivity (Wildman–Crippen MR) is 107 cm³/mol. The summed E-state index contributed by atoms with van der Waals surface area (Å²) in [7, 11) is 0. The van der Waals surface area contributed by atoms with Gasteiger partial charge in [-0.05, 0) is 36.4 Å². The van der Waals surface area contributed by atoms with Crippen LogP contribution in [0.4, 0.5) is 22.0 Å². The van der Waals surface area contributed by atoms with Crippen molar-refractivity contribution in [2.75, 3.05) is 13.3 Å². The summed E-state index contributed by atoms with van der Waals surface area (Å²) in [6.07, 6.45) is -4.25. The Hall–Kier alpha value is -3.01. The van der Waals surface area contributed by atoms with Crippen LogP contribution in [-0.4, -0.2) is 28.1 Å². The first kappa shape index (κ1) is 26.0. The van der Waals surface area contributed by atoms with E-state index in [1.807, 2.05) is 54.6 Å². The van der Waals surface area contributed by atoms with Crippen molar-refractivity contribution in [3.8, 4) is 17.2 Å². The molecule has 0 aromatic heterocycles. The molecule has 4 nitrogen and oxygen atoms in total. The maximum absolute atomic E-state index is 12.1. The van der Waals surface area contributed by atoms with Crippen molar-refractivity contribution in [1.82, 2.24) is 0 Å². The van der Waals surface area contributed by atoms with Gasteiger partial charge in [-0.2, -0.15) is 8.42 Å². The molecule has 0 aliphatic rings. The monoisotopic (exact) mass is 462 g/mol. The Labute approximate surface area is 179 Å². The second-order valence-electron chi connectivity index (χ2n) is 5.80. The van der Waals surface area contributed by atoms with Crippen molar-refractivity contribution < 1.29 is 39.8 Å². The minimum absolute atomic E-state index is 0.298. The van der Waals surface area contributed by atoms with E-state index in [1.54, 1.807) is 0 Å². The third-order valence-electron chi connectivity index (χ3n) is 3.58. The summed E-state index contributed by atoms with van der Waals surface area (Å²) in [5, 5.41) is 2.22. The highest BCUT2D eigenvalue weighted by Gasteiger charge is 2.24. The van der Waals surface area contributed by atoms with Gasteiger partial charge in [0.1, 0.15) is 17.2 Å². The van der Waals surface area contributed by atoms with Crippen LogP contribution in [-0.2, 0) is 11.6 Å². The quantitative estimate of drug-likeness (QED) is 0.295. The maximum atomic E-state index is 12.1. The molecule has 0 saturated carbocycles. The molecule has 0 bridgehead atoms. The molecule has 3 rings (SSSR count). The lowest BCUT2D eigenvalue weighted by atomic mass is 10.1. The summed E-state index contributed by atoms with van der Waals surface area (Å²) in [5.74, 6) is 2.28. The smallest absolute Gasteiger partial charge is 0.493 e. The lowest BCUT2D eigenvalue weighted by molar-refractivity contribution is -0.237. The number of rotatable bonds is 7. The Morgan fingerprint density at radius 1 is 0.806 bits per heavy atom. The Bertz CT molecular complexity index is 948. The number of ether oxygens (including phenoxy) is 2. The second kappa shape index (κ2) is 14.1. The fourth-order valence-electron chi connectivity index (χ4n) is 2.43. The summed E-state index contributed by atoms with van der Waals surface area (Å²) in [6, 6.07) is 21.6. The van der Waals surface area contributed by atoms with Gasteiger partial charge in [-0.15, -0.1) is 17.6 Å². The highest BCUT2D eigenvalue weighted by Crippen LogP contribution is 2.31. The predicted octanol–water partition coefficient (Wildman–Crippen LogP) is 6.57. The number of hydrogen-bond donors (Lipinski definition) is 0. The zero-order chi connectivity index (χ0) is 23.1. The molecule has 3 aromatic rings. The average Bonchev–Trinajstić information content (AvgIpc) is 2.71. The van der Waals surface area contributed by atoms with Crippen molar-refractivity contribution in [2.45, 2.75) is 19.3 Å². The number of fused-ring (bicyclic) bond motifs is 1. The largest absolute Gasteiger partial charge is 0.559 e. The molecule has 3 aromatic carbocycles. The molecule has 0 atom stereocenters. The van der Waals surface area contributed by atoms with Crippen molar-refractivity contribution in [3.05, 3.63) is 66.7 Å². The minimum Gasteiger partial charge on any atom is -0.493 e. The summed E-state index contributed by atoms with van der Waals surface area (Å²) in [5.41, 5.74) is 0. The average molecular weight is 462 g/mol. The van der Waals surface area contributed by atoms with E-state index >= 15 is 0 Å². The van der Waals surface area contributed by atoms with E-state index in [-0.39, 0.29) is 6.67 Å². The fraction of sp³-hybridized carbons (Fsp3) is 0.238. The molecule has 31 heavy (non-hydrogen) atoms. The molecule has 0 fully saturated rings. The molecule has 0 aliphatic carbocycles.